The van der Waals surface area contributed by atoms with Crippen LogP contribution < -0.4 is 15.5 Å². The molecule has 0 spiro atoms. The van der Waals surface area contributed by atoms with Crippen LogP contribution in [0.2, 0.25) is 5.02 Å². The maximum absolute atomic E-state index is 13.4. The van der Waals surface area contributed by atoms with Crippen molar-refractivity contribution in [3.8, 4) is 0 Å². The first-order valence-electron chi connectivity index (χ1n) is 9.88. The van der Waals surface area contributed by atoms with E-state index in [0.717, 1.165) is 4.90 Å². The number of nitrogens with zero attached hydrogens (tertiary/aromatic N) is 2. The van der Waals surface area contributed by atoms with E-state index >= 15 is 0 Å². The van der Waals surface area contributed by atoms with E-state index in [1.54, 1.807) is 40.9 Å². The van der Waals surface area contributed by atoms with Crippen molar-refractivity contribution in [3.63, 3.8) is 0 Å². The van der Waals surface area contributed by atoms with Crippen molar-refractivity contribution >= 4 is 69.8 Å². The Kier molecular flexibility index (Phi) is 8.11. The number of anilines is 2. The number of amides is 3. The lowest BCUT2D eigenvalue weighted by Crippen LogP contribution is -2.42. The fourth-order valence-corrected chi connectivity index (χ4v) is 4.34. The van der Waals surface area contributed by atoms with Gasteiger partial charge in [-0.1, -0.05) is 17.7 Å². The van der Waals surface area contributed by atoms with Gasteiger partial charge in [0.1, 0.15) is 6.04 Å². The molecular formula is C22H23ClN4O3S2. The average molecular weight is 491 g/mol. The van der Waals surface area contributed by atoms with Gasteiger partial charge in [-0.15, -0.1) is 11.8 Å². The van der Waals surface area contributed by atoms with E-state index in [2.05, 4.69) is 10.6 Å². The third-order valence-corrected chi connectivity index (χ3v) is 6.26. The van der Waals surface area contributed by atoms with Gasteiger partial charge in [-0.05, 0) is 60.9 Å². The predicted octanol–water partition coefficient (Wildman–Crippen LogP) is 3.53. The van der Waals surface area contributed by atoms with Crippen molar-refractivity contribution in [1.29, 1.82) is 0 Å². The molecule has 1 aliphatic heterocycles. The summed E-state index contributed by atoms with van der Waals surface area (Å²) in [5.74, 6) is -0.775. The van der Waals surface area contributed by atoms with E-state index in [-0.39, 0.29) is 24.1 Å². The van der Waals surface area contributed by atoms with Crippen LogP contribution in [0.15, 0.2) is 53.4 Å². The molecule has 3 rings (SSSR count). The Balaban J connectivity index is 1.81. The standard InChI is InChI=1S/C22H23ClN4O3S2/c1-14(28)24-10-11-26-19(13-20(29)25-16-8-6-15(23)7-9-16)21(30)27(22(26)31)17-4-3-5-18(12-17)32-2/h3-9,12,19H,10-11,13H2,1-2H3,(H,24,28)(H,25,29)/t19-/m0/s1. The molecule has 7 nitrogen and oxygen atoms in total. The molecule has 0 radical (unpaired) electrons. The van der Waals surface area contributed by atoms with Crippen LogP contribution in [0.1, 0.15) is 13.3 Å². The molecule has 0 aromatic heterocycles. The van der Waals surface area contributed by atoms with E-state index < -0.39 is 6.04 Å². The molecular weight excluding hydrogens is 468 g/mol. The summed E-state index contributed by atoms with van der Waals surface area (Å²) in [5.41, 5.74) is 1.23. The van der Waals surface area contributed by atoms with E-state index in [1.165, 1.54) is 11.8 Å². The number of nitrogens with one attached hydrogen (secondary N) is 2. The zero-order valence-corrected chi connectivity index (χ0v) is 20.0. The molecule has 2 aromatic rings. The molecule has 0 bridgehead atoms. The molecule has 0 unspecified atom stereocenters. The molecule has 0 aliphatic carbocycles. The van der Waals surface area contributed by atoms with Gasteiger partial charge in [-0.3, -0.25) is 19.3 Å². The summed E-state index contributed by atoms with van der Waals surface area (Å²) < 4.78 is 0. The van der Waals surface area contributed by atoms with Gasteiger partial charge in [-0.25, -0.2) is 0 Å². The number of carbonyl (C=O) groups is 3. The fourth-order valence-electron chi connectivity index (χ4n) is 3.35. The second-order valence-corrected chi connectivity index (χ2v) is 8.79. The highest BCUT2D eigenvalue weighted by molar-refractivity contribution is 7.98. The van der Waals surface area contributed by atoms with Gasteiger partial charge in [0, 0.05) is 35.6 Å². The quantitative estimate of drug-likeness (QED) is 0.435. The number of hydrogen-bond acceptors (Lipinski definition) is 5. The second kappa shape index (κ2) is 10.8. The Labute approximate surface area is 201 Å². The third kappa shape index (κ3) is 5.79. The Morgan fingerprint density at radius 1 is 1.19 bits per heavy atom. The van der Waals surface area contributed by atoms with Crippen LogP contribution in [0.5, 0.6) is 0 Å². The molecule has 1 fully saturated rings. The van der Waals surface area contributed by atoms with Crippen molar-refractivity contribution in [2.45, 2.75) is 24.3 Å². The van der Waals surface area contributed by atoms with Gasteiger partial charge in [0.15, 0.2) is 5.11 Å². The lowest BCUT2D eigenvalue weighted by atomic mass is 10.1. The van der Waals surface area contributed by atoms with Crippen molar-refractivity contribution in [2.75, 3.05) is 29.6 Å². The highest BCUT2D eigenvalue weighted by atomic mass is 35.5. The number of rotatable bonds is 8. The summed E-state index contributed by atoms with van der Waals surface area (Å²) >= 11 is 13.1. The first kappa shape index (κ1) is 24.0. The summed E-state index contributed by atoms with van der Waals surface area (Å²) in [4.78, 5) is 41.5. The highest BCUT2D eigenvalue weighted by Gasteiger charge is 2.44. The third-order valence-electron chi connectivity index (χ3n) is 4.86. The number of halogens is 1. The summed E-state index contributed by atoms with van der Waals surface area (Å²) in [6.07, 6.45) is 1.87. The maximum atomic E-state index is 13.4. The van der Waals surface area contributed by atoms with Crippen LogP contribution >= 0.6 is 35.6 Å². The van der Waals surface area contributed by atoms with Crippen molar-refractivity contribution in [2.24, 2.45) is 0 Å². The monoisotopic (exact) mass is 490 g/mol. The molecule has 168 valence electrons. The number of thioether (sulfide) groups is 1. The Hall–Kier alpha value is -2.62. The SMILES string of the molecule is CSc1cccc(N2C(=O)[C@H](CC(=O)Nc3ccc(Cl)cc3)N(CCNC(C)=O)C2=S)c1. The lowest BCUT2D eigenvalue weighted by Gasteiger charge is -2.24. The lowest BCUT2D eigenvalue weighted by molar-refractivity contribution is -0.124. The molecule has 32 heavy (non-hydrogen) atoms. The number of hydrogen-bond donors (Lipinski definition) is 2. The highest BCUT2D eigenvalue weighted by Crippen LogP contribution is 2.29. The summed E-state index contributed by atoms with van der Waals surface area (Å²) in [5, 5.41) is 6.37. The Bertz CT molecular complexity index is 1030. The zero-order valence-electron chi connectivity index (χ0n) is 17.6. The molecule has 3 amide bonds. The largest absolute Gasteiger partial charge is 0.355 e. The van der Waals surface area contributed by atoms with Crippen LogP contribution in [-0.4, -0.2) is 53.1 Å². The molecule has 1 heterocycles. The Morgan fingerprint density at radius 2 is 1.91 bits per heavy atom. The van der Waals surface area contributed by atoms with Crippen LogP contribution in [0.4, 0.5) is 11.4 Å². The van der Waals surface area contributed by atoms with Gasteiger partial charge in [0.25, 0.3) is 5.91 Å². The molecule has 2 N–H and O–H groups in total. The Morgan fingerprint density at radius 3 is 2.56 bits per heavy atom. The minimum atomic E-state index is -0.776. The molecule has 1 saturated heterocycles. The van der Waals surface area contributed by atoms with Crippen LogP contribution in [0.25, 0.3) is 0 Å². The molecule has 2 aromatic carbocycles. The van der Waals surface area contributed by atoms with Crippen LogP contribution in [-0.2, 0) is 14.4 Å². The summed E-state index contributed by atoms with van der Waals surface area (Å²) in [6, 6.07) is 13.5. The van der Waals surface area contributed by atoms with Gasteiger partial charge in [-0.2, -0.15) is 0 Å². The summed E-state index contributed by atoms with van der Waals surface area (Å²) in [6.45, 7) is 2.03. The predicted molar refractivity (Wildman–Crippen MR) is 132 cm³/mol. The number of carbonyl (C=O) groups excluding carboxylic acids is 3. The van der Waals surface area contributed by atoms with Crippen LogP contribution in [0, 0.1) is 0 Å². The minimum absolute atomic E-state index is 0.0829. The average Bonchev–Trinajstić information content (AvgIpc) is 2.99. The second-order valence-electron chi connectivity index (χ2n) is 7.11. The fraction of sp³-hybridized carbons (Fsp3) is 0.273. The van der Waals surface area contributed by atoms with Crippen molar-refractivity contribution < 1.29 is 14.4 Å². The van der Waals surface area contributed by atoms with Gasteiger partial charge in [0.05, 0.1) is 12.1 Å². The molecule has 10 heteroatoms. The van der Waals surface area contributed by atoms with E-state index in [4.69, 9.17) is 23.8 Å². The van der Waals surface area contributed by atoms with Crippen molar-refractivity contribution in [3.05, 3.63) is 53.6 Å². The van der Waals surface area contributed by atoms with Crippen molar-refractivity contribution in [1.82, 2.24) is 10.2 Å². The van der Waals surface area contributed by atoms with Gasteiger partial charge >= 0.3 is 0 Å². The van der Waals surface area contributed by atoms with E-state index in [9.17, 15) is 14.4 Å². The summed E-state index contributed by atoms with van der Waals surface area (Å²) in [7, 11) is 0. The first-order chi connectivity index (χ1) is 15.3. The number of thiocarbonyl (C=S) groups is 1. The normalized spacial score (nSPS) is 15.8. The van der Waals surface area contributed by atoms with Crippen LogP contribution in [0.3, 0.4) is 0 Å². The number of benzene rings is 2. The zero-order chi connectivity index (χ0) is 23.3. The molecule has 1 atom stereocenters. The van der Waals surface area contributed by atoms with E-state index in [0.29, 0.717) is 34.6 Å². The first-order valence-corrected chi connectivity index (χ1v) is 11.9. The minimum Gasteiger partial charge on any atom is -0.355 e. The molecule has 0 saturated carbocycles. The van der Waals surface area contributed by atoms with E-state index in [1.807, 2.05) is 30.5 Å². The van der Waals surface area contributed by atoms with Gasteiger partial charge in [0.2, 0.25) is 11.8 Å². The van der Waals surface area contributed by atoms with Gasteiger partial charge < -0.3 is 15.5 Å². The topological polar surface area (TPSA) is 81.8 Å². The smallest absolute Gasteiger partial charge is 0.256 e. The maximum Gasteiger partial charge on any atom is 0.256 e. The molecule has 1 aliphatic rings.